The minimum absolute atomic E-state index is 0.176. The summed E-state index contributed by atoms with van der Waals surface area (Å²) in [6.45, 7) is 10.4. The van der Waals surface area contributed by atoms with Crippen LogP contribution in [0.4, 0.5) is 4.39 Å². The molecule has 0 radical (unpaired) electrons. The second-order valence-electron chi connectivity index (χ2n) is 10.6. The van der Waals surface area contributed by atoms with Crippen LogP contribution in [-0.4, -0.2) is 71.3 Å². The Bertz CT molecular complexity index is 809. The van der Waals surface area contributed by atoms with Crippen LogP contribution in [0.2, 0.25) is 0 Å². The van der Waals surface area contributed by atoms with Gasteiger partial charge >= 0.3 is 0 Å². The molecule has 1 aromatic carbocycles. The predicted molar refractivity (Wildman–Crippen MR) is 124 cm³/mol. The van der Waals surface area contributed by atoms with Gasteiger partial charge in [-0.1, -0.05) is 26.0 Å². The number of benzene rings is 1. The highest BCUT2D eigenvalue weighted by atomic mass is 19.1. The van der Waals surface area contributed by atoms with Crippen LogP contribution in [-0.2, 0) is 16.0 Å². The summed E-state index contributed by atoms with van der Waals surface area (Å²) < 4.78 is 13.4. The van der Waals surface area contributed by atoms with Crippen molar-refractivity contribution in [2.24, 2.45) is 11.3 Å². The van der Waals surface area contributed by atoms with E-state index in [1.807, 2.05) is 17.0 Å². The van der Waals surface area contributed by atoms with E-state index < -0.39 is 0 Å². The van der Waals surface area contributed by atoms with Gasteiger partial charge in [-0.05, 0) is 75.2 Å². The van der Waals surface area contributed by atoms with E-state index in [9.17, 15) is 14.0 Å². The molecule has 5 nitrogen and oxygen atoms in total. The molecular formula is C26H38FN3O2. The molecule has 1 aromatic rings. The van der Waals surface area contributed by atoms with Crippen molar-refractivity contribution in [2.45, 2.75) is 71.4 Å². The van der Waals surface area contributed by atoms with E-state index in [1.165, 1.54) is 12.1 Å². The van der Waals surface area contributed by atoms with E-state index >= 15 is 0 Å². The summed E-state index contributed by atoms with van der Waals surface area (Å²) in [6.07, 6.45) is 5.63. The number of hydrogen-bond acceptors (Lipinski definition) is 3. The molecule has 1 atom stereocenters. The van der Waals surface area contributed by atoms with Crippen LogP contribution in [0.25, 0.3) is 0 Å². The number of nitrogens with zero attached hydrogens (tertiary/aromatic N) is 3. The largest absolute Gasteiger partial charge is 0.343 e. The second-order valence-corrected chi connectivity index (χ2v) is 10.6. The van der Waals surface area contributed by atoms with Crippen molar-refractivity contribution in [3.63, 3.8) is 0 Å². The zero-order valence-electron chi connectivity index (χ0n) is 19.9. The van der Waals surface area contributed by atoms with Crippen LogP contribution in [0.15, 0.2) is 24.3 Å². The van der Waals surface area contributed by atoms with Crippen LogP contribution < -0.4 is 0 Å². The highest BCUT2D eigenvalue weighted by Gasteiger charge is 2.52. The number of likely N-dealkylation sites (tertiary alicyclic amines) is 3. The third-order valence-corrected chi connectivity index (χ3v) is 7.91. The smallest absolute Gasteiger partial charge is 0.229 e. The van der Waals surface area contributed by atoms with Gasteiger partial charge in [-0.3, -0.25) is 9.59 Å². The van der Waals surface area contributed by atoms with Crippen molar-refractivity contribution >= 4 is 11.8 Å². The summed E-state index contributed by atoms with van der Waals surface area (Å²) in [5, 5.41) is 0. The van der Waals surface area contributed by atoms with Gasteiger partial charge in [0.2, 0.25) is 11.8 Å². The molecule has 2 amide bonds. The molecule has 3 fully saturated rings. The Kier molecular flexibility index (Phi) is 6.89. The van der Waals surface area contributed by atoms with E-state index in [0.29, 0.717) is 17.9 Å². The Hall–Kier alpha value is -1.95. The molecule has 0 N–H and O–H groups in total. The van der Waals surface area contributed by atoms with Crippen molar-refractivity contribution in [2.75, 3.05) is 32.7 Å². The molecule has 3 heterocycles. The Morgan fingerprint density at radius 1 is 1.09 bits per heavy atom. The predicted octanol–water partition coefficient (Wildman–Crippen LogP) is 3.72. The molecular weight excluding hydrogens is 405 g/mol. The summed E-state index contributed by atoms with van der Waals surface area (Å²) >= 11 is 0. The van der Waals surface area contributed by atoms with Gasteiger partial charge in [0.25, 0.3) is 0 Å². The normalized spacial score (nSPS) is 24.7. The monoisotopic (exact) mass is 443 g/mol. The third-order valence-electron chi connectivity index (χ3n) is 7.91. The van der Waals surface area contributed by atoms with Gasteiger partial charge in [0.05, 0.1) is 5.41 Å². The number of rotatable bonds is 5. The van der Waals surface area contributed by atoms with Gasteiger partial charge in [-0.25, -0.2) is 4.39 Å². The molecule has 3 saturated heterocycles. The third kappa shape index (κ3) is 4.85. The Labute approximate surface area is 191 Å². The minimum atomic E-state index is -0.240. The van der Waals surface area contributed by atoms with Crippen LogP contribution in [0.5, 0.6) is 0 Å². The van der Waals surface area contributed by atoms with Gasteiger partial charge in [0, 0.05) is 38.6 Å². The SMILES string of the molecule is CC(=O)N1CCC(N2CCC3(CC2)CC(Cc2ccc(F)cc2)N(CC(C)C)C3=O)CC1. The average Bonchev–Trinajstić information content (AvgIpc) is 3.01. The quantitative estimate of drug-likeness (QED) is 0.697. The first kappa shape index (κ1) is 23.2. The summed E-state index contributed by atoms with van der Waals surface area (Å²) in [7, 11) is 0. The molecule has 1 spiro atoms. The maximum atomic E-state index is 13.7. The van der Waals surface area contributed by atoms with Crippen LogP contribution in [0, 0.1) is 17.2 Å². The highest BCUT2D eigenvalue weighted by Crippen LogP contribution is 2.46. The Morgan fingerprint density at radius 2 is 1.72 bits per heavy atom. The molecule has 176 valence electrons. The average molecular weight is 444 g/mol. The number of halogens is 1. The maximum Gasteiger partial charge on any atom is 0.229 e. The first-order valence-corrected chi connectivity index (χ1v) is 12.3. The number of amides is 2. The van der Waals surface area contributed by atoms with Gasteiger partial charge in [0.1, 0.15) is 5.82 Å². The number of piperidine rings is 2. The topological polar surface area (TPSA) is 43.9 Å². The van der Waals surface area contributed by atoms with E-state index in [1.54, 1.807) is 6.92 Å². The fourth-order valence-corrected chi connectivity index (χ4v) is 6.10. The first-order valence-electron chi connectivity index (χ1n) is 12.3. The van der Waals surface area contributed by atoms with Gasteiger partial charge in [0.15, 0.2) is 0 Å². The minimum Gasteiger partial charge on any atom is -0.343 e. The van der Waals surface area contributed by atoms with E-state index in [2.05, 4.69) is 23.6 Å². The summed E-state index contributed by atoms with van der Waals surface area (Å²) in [5.74, 6) is 0.726. The standard InChI is InChI=1S/C26H38FN3O2/c1-19(2)18-30-24(16-21-4-6-22(27)7-5-21)17-26(25(30)32)10-14-29(15-11-26)23-8-12-28(13-9-23)20(3)31/h4-7,19,23-24H,8-18H2,1-3H3. The summed E-state index contributed by atoms with van der Waals surface area (Å²) in [5.41, 5.74) is 0.862. The molecule has 6 heteroatoms. The molecule has 0 bridgehead atoms. The molecule has 3 aliphatic heterocycles. The maximum absolute atomic E-state index is 13.7. The van der Waals surface area contributed by atoms with Crippen LogP contribution >= 0.6 is 0 Å². The zero-order chi connectivity index (χ0) is 22.9. The van der Waals surface area contributed by atoms with Gasteiger partial charge in [-0.15, -0.1) is 0 Å². The molecule has 3 aliphatic rings. The van der Waals surface area contributed by atoms with Crippen LogP contribution in [0.1, 0.15) is 58.4 Å². The lowest BCUT2D eigenvalue weighted by molar-refractivity contribution is -0.140. The fraction of sp³-hybridized carbons (Fsp3) is 0.692. The van der Waals surface area contributed by atoms with Gasteiger partial charge in [-0.2, -0.15) is 0 Å². The Morgan fingerprint density at radius 3 is 2.28 bits per heavy atom. The lowest BCUT2D eigenvalue weighted by Gasteiger charge is -2.44. The number of carbonyl (C=O) groups excluding carboxylic acids is 2. The van der Waals surface area contributed by atoms with Crippen molar-refractivity contribution in [3.05, 3.63) is 35.6 Å². The van der Waals surface area contributed by atoms with E-state index in [-0.39, 0.29) is 23.2 Å². The number of carbonyl (C=O) groups is 2. The fourth-order valence-electron chi connectivity index (χ4n) is 6.10. The Balaban J connectivity index is 1.41. The number of hydrogen-bond donors (Lipinski definition) is 0. The summed E-state index contributed by atoms with van der Waals surface area (Å²) in [6, 6.07) is 7.47. The highest BCUT2D eigenvalue weighted by molar-refractivity contribution is 5.85. The molecule has 32 heavy (non-hydrogen) atoms. The molecule has 0 aromatic heterocycles. The molecule has 0 aliphatic carbocycles. The molecule has 0 saturated carbocycles. The van der Waals surface area contributed by atoms with Gasteiger partial charge < -0.3 is 14.7 Å². The lowest BCUT2D eigenvalue weighted by Crippen LogP contribution is -2.51. The molecule has 1 unspecified atom stereocenters. The second kappa shape index (κ2) is 9.50. The lowest BCUT2D eigenvalue weighted by atomic mass is 9.75. The molecule has 4 rings (SSSR count). The first-order chi connectivity index (χ1) is 15.3. The van der Waals surface area contributed by atoms with Crippen molar-refractivity contribution in [1.29, 1.82) is 0 Å². The van der Waals surface area contributed by atoms with E-state index in [4.69, 9.17) is 0 Å². The van der Waals surface area contributed by atoms with Crippen molar-refractivity contribution in [3.8, 4) is 0 Å². The van der Waals surface area contributed by atoms with Crippen LogP contribution in [0.3, 0.4) is 0 Å². The van der Waals surface area contributed by atoms with Crippen molar-refractivity contribution in [1.82, 2.24) is 14.7 Å². The van der Waals surface area contributed by atoms with Crippen molar-refractivity contribution < 1.29 is 14.0 Å². The zero-order valence-corrected chi connectivity index (χ0v) is 19.9. The van der Waals surface area contributed by atoms with E-state index in [0.717, 1.165) is 76.8 Å². The summed E-state index contributed by atoms with van der Waals surface area (Å²) in [4.78, 5) is 32.0.